The highest BCUT2D eigenvalue weighted by Crippen LogP contribution is 2.18. The lowest BCUT2D eigenvalue weighted by Gasteiger charge is -2.33. The van der Waals surface area contributed by atoms with Crippen LogP contribution in [0.3, 0.4) is 0 Å². The monoisotopic (exact) mass is 325 g/mol. The van der Waals surface area contributed by atoms with E-state index in [0.717, 1.165) is 24.9 Å². The summed E-state index contributed by atoms with van der Waals surface area (Å²) in [6.07, 6.45) is 4.22. The standard InChI is InChI=1S/C19H27N5/c1-15-6-8-16(9-7-15)13-24-12-4-5-17(14-24)21-18-10-11-20-19(22-18)23(2)3/h6-11,17H,4-5,12-14H2,1-3H3,(H,20,21,22). The van der Waals surface area contributed by atoms with E-state index in [4.69, 9.17) is 0 Å². The number of nitrogens with zero attached hydrogens (tertiary/aromatic N) is 4. The van der Waals surface area contributed by atoms with Crippen LogP contribution in [0.4, 0.5) is 11.8 Å². The first-order valence-electron chi connectivity index (χ1n) is 8.65. The second-order valence-corrected chi connectivity index (χ2v) is 6.84. The maximum Gasteiger partial charge on any atom is 0.226 e. The fourth-order valence-electron chi connectivity index (χ4n) is 3.12. The molecule has 0 bridgehead atoms. The maximum atomic E-state index is 4.57. The van der Waals surface area contributed by atoms with Crippen molar-refractivity contribution in [2.75, 3.05) is 37.4 Å². The van der Waals surface area contributed by atoms with Crippen LogP contribution < -0.4 is 10.2 Å². The number of aryl methyl sites for hydroxylation is 1. The molecule has 1 atom stereocenters. The number of hydrogen-bond acceptors (Lipinski definition) is 5. The fraction of sp³-hybridized carbons (Fsp3) is 0.474. The van der Waals surface area contributed by atoms with Gasteiger partial charge in [-0.2, -0.15) is 4.98 Å². The Morgan fingerprint density at radius 1 is 1.21 bits per heavy atom. The third kappa shape index (κ3) is 4.45. The predicted molar refractivity (Wildman–Crippen MR) is 99.5 cm³/mol. The average molecular weight is 325 g/mol. The Labute approximate surface area is 144 Å². The van der Waals surface area contributed by atoms with Gasteiger partial charge in [0, 0.05) is 39.4 Å². The third-order valence-electron chi connectivity index (χ3n) is 4.43. The van der Waals surface area contributed by atoms with E-state index in [0.29, 0.717) is 6.04 Å². The molecule has 1 unspecified atom stereocenters. The first-order chi connectivity index (χ1) is 11.6. The SMILES string of the molecule is Cc1ccc(CN2CCCC(Nc3ccnc(N(C)C)n3)C2)cc1. The van der Waals surface area contributed by atoms with E-state index < -0.39 is 0 Å². The normalized spacial score (nSPS) is 18.4. The van der Waals surface area contributed by atoms with Crippen LogP contribution in [0.25, 0.3) is 0 Å². The van der Waals surface area contributed by atoms with Gasteiger partial charge in [-0.15, -0.1) is 0 Å². The molecule has 2 aromatic rings. The Balaban J connectivity index is 1.59. The van der Waals surface area contributed by atoms with E-state index in [-0.39, 0.29) is 0 Å². The highest BCUT2D eigenvalue weighted by Gasteiger charge is 2.20. The molecule has 1 fully saturated rings. The van der Waals surface area contributed by atoms with Gasteiger partial charge in [0.05, 0.1) is 0 Å². The lowest BCUT2D eigenvalue weighted by Crippen LogP contribution is -2.41. The highest BCUT2D eigenvalue weighted by atomic mass is 15.2. The van der Waals surface area contributed by atoms with Crippen LogP contribution in [0, 0.1) is 6.92 Å². The van der Waals surface area contributed by atoms with E-state index in [2.05, 4.69) is 51.4 Å². The van der Waals surface area contributed by atoms with Crippen LogP contribution in [0.2, 0.25) is 0 Å². The fourth-order valence-corrected chi connectivity index (χ4v) is 3.12. The van der Waals surface area contributed by atoms with Crippen LogP contribution >= 0.6 is 0 Å². The van der Waals surface area contributed by atoms with Gasteiger partial charge in [0.1, 0.15) is 5.82 Å². The van der Waals surface area contributed by atoms with Crippen LogP contribution in [0.5, 0.6) is 0 Å². The summed E-state index contributed by atoms with van der Waals surface area (Å²) in [5, 5.41) is 3.58. The van der Waals surface area contributed by atoms with Crippen molar-refractivity contribution in [3.63, 3.8) is 0 Å². The minimum atomic E-state index is 0.439. The quantitative estimate of drug-likeness (QED) is 0.916. The zero-order valence-corrected chi connectivity index (χ0v) is 14.9. The van der Waals surface area contributed by atoms with Crippen molar-refractivity contribution >= 4 is 11.8 Å². The van der Waals surface area contributed by atoms with Gasteiger partial charge < -0.3 is 10.2 Å². The van der Waals surface area contributed by atoms with Gasteiger partial charge in [0.2, 0.25) is 5.95 Å². The molecule has 0 radical (unpaired) electrons. The van der Waals surface area contributed by atoms with Crippen molar-refractivity contribution < 1.29 is 0 Å². The molecule has 128 valence electrons. The Bertz CT molecular complexity index is 653. The molecule has 5 nitrogen and oxygen atoms in total. The zero-order chi connectivity index (χ0) is 16.9. The molecule has 1 aromatic heterocycles. The molecule has 5 heteroatoms. The lowest BCUT2D eigenvalue weighted by molar-refractivity contribution is 0.208. The van der Waals surface area contributed by atoms with Crippen LogP contribution in [-0.4, -0.2) is 48.1 Å². The molecule has 1 aromatic carbocycles. The topological polar surface area (TPSA) is 44.3 Å². The van der Waals surface area contributed by atoms with E-state index in [1.165, 1.54) is 30.5 Å². The molecular formula is C19H27N5. The average Bonchev–Trinajstić information content (AvgIpc) is 2.57. The summed E-state index contributed by atoms with van der Waals surface area (Å²) >= 11 is 0. The van der Waals surface area contributed by atoms with Gasteiger partial charge in [0.15, 0.2) is 0 Å². The summed E-state index contributed by atoms with van der Waals surface area (Å²) in [6.45, 7) is 5.37. The summed E-state index contributed by atoms with van der Waals surface area (Å²) < 4.78 is 0. The third-order valence-corrected chi connectivity index (χ3v) is 4.43. The molecule has 1 aliphatic rings. The molecule has 1 N–H and O–H groups in total. The first kappa shape index (κ1) is 16.7. The van der Waals surface area contributed by atoms with E-state index in [1.54, 1.807) is 0 Å². The molecule has 1 saturated heterocycles. The minimum absolute atomic E-state index is 0.439. The van der Waals surface area contributed by atoms with Crippen molar-refractivity contribution in [3.8, 4) is 0 Å². The van der Waals surface area contributed by atoms with Crippen molar-refractivity contribution in [3.05, 3.63) is 47.7 Å². The zero-order valence-electron chi connectivity index (χ0n) is 14.9. The molecular weight excluding hydrogens is 298 g/mol. The van der Waals surface area contributed by atoms with Crippen molar-refractivity contribution in [2.24, 2.45) is 0 Å². The summed E-state index contributed by atoms with van der Waals surface area (Å²) in [5.41, 5.74) is 2.70. The molecule has 1 aliphatic heterocycles. The first-order valence-corrected chi connectivity index (χ1v) is 8.65. The van der Waals surface area contributed by atoms with Gasteiger partial charge in [-0.05, 0) is 37.9 Å². The summed E-state index contributed by atoms with van der Waals surface area (Å²) in [7, 11) is 3.92. The summed E-state index contributed by atoms with van der Waals surface area (Å²) in [4.78, 5) is 13.3. The van der Waals surface area contributed by atoms with Gasteiger partial charge in [-0.25, -0.2) is 4.98 Å². The molecule has 3 rings (SSSR count). The number of benzene rings is 1. The largest absolute Gasteiger partial charge is 0.366 e. The highest BCUT2D eigenvalue weighted by molar-refractivity contribution is 5.41. The van der Waals surface area contributed by atoms with E-state index >= 15 is 0 Å². The van der Waals surface area contributed by atoms with E-state index in [9.17, 15) is 0 Å². The molecule has 0 saturated carbocycles. The number of piperidine rings is 1. The molecule has 0 amide bonds. The smallest absolute Gasteiger partial charge is 0.226 e. The number of hydrogen-bond donors (Lipinski definition) is 1. The predicted octanol–water partition coefficient (Wildman–Crippen LogP) is 2.93. The maximum absolute atomic E-state index is 4.57. The van der Waals surface area contributed by atoms with Crippen LogP contribution in [-0.2, 0) is 6.54 Å². The Morgan fingerprint density at radius 3 is 2.75 bits per heavy atom. The number of likely N-dealkylation sites (tertiary alicyclic amines) is 1. The summed E-state index contributed by atoms with van der Waals surface area (Å²) in [5.74, 6) is 1.66. The van der Waals surface area contributed by atoms with Crippen molar-refractivity contribution in [1.29, 1.82) is 0 Å². The van der Waals surface area contributed by atoms with Gasteiger partial charge >= 0.3 is 0 Å². The second-order valence-electron chi connectivity index (χ2n) is 6.84. The molecule has 2 heterocycles. The number of anilines is 2. The molecule has 24 heavy (non-hydrogen) atoms. The molecule has 0 spiro atoms. The lowest BCUT2D eigenvalue weighted by atomic mass is 10.0. The Morgan fingerprint density at radius 2 is 2.00 bits per heavy atom. The molecule has 0 aliphatic carbocycles. The number of aromatic nitrogens is 2. The second kappa shape index (κ2) is 7.62. The van der Waals surface area contributed by atoms with Gasteiger partial charge in [-0.1, -0.05) is 29.8 Å². The van der Waals surface area contributed by atoms with Crippen molar-refractivity contribution in [2.45, 2.75) is 32.4 Å². The Kier molecular flexibility index (Phi) is 5.30. The number of nitrogens with one attached hydrogen (secondary N) is 1. The summed E-state index contributed by atoms with van der Waals surface area (Å²) in [6, 6.07) is 11.2. The van der Waals surface area contributed by atoms with Crippen LogP contribution in [0.1, 0.15) is 24.0 Å². The van der Waals surface area contributed by atoms with Gasteiger partial charge in [0.25, 0.3) is 0 Å². The van der Waals surface area contributed by atoms with Crippen molar-refractivity contribution in [1.82, 2.24) is 14.9 Å². The van der Waals surface area contributed by atoms with E-state index in [1.807, 2.05) is 31.3 Å². The van der Waals surface area contributed by atoms with Gasteiger partial charge in [-0.3, -0.25) is 4.90 Å². The number of rotatable bonds is 5. The minimum Gasteiger partial charge on any atom is -0.366 e. The van der Waals surface area contributed by atoms with Crippen LogP contribution in [0.15, 0.2) is 36.5 Å². The Hall–Kier alpha value is -2.14.